The zero-order valence-corrected chi connectivity index (χ0v) is 13.6. The van der Waals surface area contributed by atoms with Gasteiger partial charge >= 0.3 is 0 Å². The lowest BCUT2D eigenvalue weighted by molar-refractivity contribution is -0.116. The van der Waals surface area contributed by atoms with Gasteiger partial charge in [0, 0.05) is 18.2 Å². The second-order valence-electron chi connectivity index (χ2n) is 5.29. The molecule has 2 N–H and O–H groups in total. The van der Waals surface area contributed by atoms with Crippen LogP contribution in [0.15, 0.2) is 18.2 Å². The fourth-order valence-corrected chi connectivity index (χ4v) is 2.55. The number of ether oxygens (including phenoxy) is 1. The molecule has 0 radical (unpaired) electrons. The molecule has 1 fully saturated rings. The normalized spacial score (nSPS) is 17.1. The van der Waals surface area contributed by atoms with Crippen LogP contribution in [0.2, 0.25) is 0 Å². The Morgan fingerprint density at radius 3 is 2.90 bits per heavy atom. The summed E-state index contributed by atoms with van der Waals surface area (Å²) < 4.78 is 5.44. The number of hydrogen-bond acceptors (Lipinski definition) is 3. The molecule has 1 heterocycles. The average molecular weight is 313 g/mol. The molecule has 1 atom stereocenters. The quantitative estimate of drug-likeness (QED) is 0.847. The van der Waals surface area contributed by atoms with Crippen molar-refractivity contribution in [2.24, 2.45) is 0 Å². The molecule has 2 rings (SSSR count). The van der Waals surface area contributed by atoms with Gasteiger partial charge in [0.1, 0.15) is 5.75 Å². The van der Waals surface area contributed by atoms with Gasteiger partial charge in [-0.3, -0.25) is 4.79 Å². The molecule has 1 saturated heterocycles. The van der Waals surface area contributed by atoms with Crippen molar-refractivity contribution in [3.05, 3.63) is 23.8 Å². The van der Waals surface area contributed by atoms with Crippen LogP contribution in [0, 0.1) is 6.92 Å². The lowest BCUT2D eigenvalue weighted by Gasteiger charge is -2.12. The van der Waals surface area contributed by atoms with Gasteiger partial charge in [-0.05, 0) is 63.4 Å². The molecule has 0 aromatic heterocycles. The van der Waals surface area contributed by atoms with E-state index in [1.807, 2.05) is 32.0 Å². The standard InChI is InChI=1S/C16H24N2O2.ClH/c1-3-20-14-7-8-15(12(2)11-14)18-16(19)9-6-13-5-4-10-17-13;/h7-8,11,13,17H,3-6,9-10H2,1-2H3,(H,18,19);1H. The van der Waals surface area contributed by atoms with Crippen molar-refractivity contribution in [2.75, 3.05) is 18.5 Å². The number of hydrogen-bond donors (Lipinski definition) is 2. The Morgan fingerprint density at radius 2 is 2.29 bits per heavy atom. The largest absolute Gasteiger partial charge is 0.494 e. The smallest absolute Gasteiger partial charge is 0.224 e. The number of nitrogens with one attached hydrogen (secondary N) is 2. The van der Waals surface area contributed by atoms with Gasteiger partial charge in [0.2, 0.25) is 5.91 Å². The summed E-state index contributed by atoms with van der Waals surface area (Å²) in [6, 6.07) is 6.27. The zero-order chi connectivity index (χ0) is 14.4. The summed E-state index contributed by atoms with van der Waals surface area (Å²) in [5.41, 5.74) is 1.90. The SMILES string of the molecule is CCOc1ccc(NC(=O)CCC2CCCN2)c(C)c1.Cl. The van der Waals surface area contributed by atoms with E-state index in [0.717, 1.165) is 30.0 Å². The number of amides is 1. The lowest BCUT2D eigenvalue weighted by Crippen LogP contribution is -2.23. The second kappa shape index (κ2) is 8.90. The molecule has 1 unspecified atom stereocenters. The van der Waals surface area contributed by atoms with E-state index < -0.39 is 0 Å². The van der Waals surface area contributed by atoms with Gasteiger partial charge in [-0.15, -0.1) is 12.4 Å². The first-order chi connectivity index (χ1) is 9.69. The third kappa shape index (κ3) is 5.56. The Bertz CT molecular complexity index is 460. The highest BCUT2D eigenvalue weighted by Gasteiger charge is 2.15. The van der Waals surface area contributed by atoms with E-state index in [-0.39, 0.29) is 18.3 Å². The van der Waals surface area contributed by atoms with E-state index in [1.54, 1.807) is 0 Å². The summed E-state index contributed by atoms with van der Waals surface area (Å²) in [6.07, 6.45) is 3.91. The third-order valence-corrected chi connectivity index (χ3v) is 3.67. The third-order valence-electron chi connectivity index (χ3n) is 3.67. The van der Waals surface area contributed by atoms with Crippen molar-refractivity contribution >= 4 is 24.0 Å². The van der Waals surface area contributed by atoms with Crippen LogP contribution in [-0.4, -0.2) is 25.1 Å². The van der Waals surface area contributed by atoms with E-state index in [4.69, 9.17) is 4.74 Å². The molecular formula is C16H25ClN2O2. The number of carbonyl (C=O) groups excluding carboxylic acids is 1. The van der Waals surface area contributed by atoms with E-state index >= 15 is 0 Å². The van der Waals surface area contributed by atoms with Crippen LogP contribution in [0.5, 0.6) is 5.75 Å². The summed E-state index contributed by atoms with van der Waals surface area (Å²) in [5.74, 6) is 0.934. The zero-order valence-electron chi connectivity index (χ0n) is 12.8. The molecule has 1 aromatic rings. The van der Waals surface area contributed by atoms with Gasteiger partial charge in [0.15, 0.2) is 0 Å². The van der Waals surface area contributed by atoms with Crippen LogP contribution >= 0.6 is 12.4 Å². The first-order valence-electron chi connectivity index (χ1n) is 7.45. The Balaban J connectivity index is 0.00000220. The van der Waals surface area contributed by atoms with Crippen LogP contribution in [-0.2, 0) is 4.79 Å². The average Bonchev–Trinajstić information content (AvgIpc) is 2.93. The van der Waals surface area contributed by atoms with Crippen LogP contribution in [0.1, 0.15) is 38.2 Å². The molecule has 0 spiro atoms. The van der Waals surface area contributed by atoms with Crippen LogP contribution < -0.4 is 15.4 Å². The van der Waals surface area contributed by atoms with Crippen LogP contribution in [0.4, 0.5) is 5.69 Å². The molecule has 0 saturated carbocycles. The monoisotopic (exact) mass is 312 g/mol. The van der Waals surface area contributed by atoms with Gasteiger partial charge < -0.3 is 15.4 Å². The highest BCUT2D eigenvalue weighted by Crippen LogP contribution is 2.22. The molecule has 118 valence electrons. The topological polar surface area (TPSA) is 50.4 Å². The number of aryl methyl sites for hydroxylation is 1. The summed E-state index contributed by atoms with van der Waals surface area (Å²) in [5, 5.41) is 6.39. The van der Waals surface area contributed by atoms with Crippen molar-refractivity contribution in [3.63, 3.8) is 0 Å². The fourth-order valence-electron chi connectivity index (χ4n) is 2.55. The first kappa shape index (κ1) is 17.8. The molecule has 5 heteroatoms. The van der Waals surface area contributed by atoms with Crippen molar-refractivity contribution in [1.29, 1.82) is 0 Å². The summed E-state index contributed by atoms with van der Waals surface area (Å²) >= 11 is 0. The van der Waals surface area contributed by atoms with Crippen LogP contribution in [0.3, 0.4) is 0 Å². The minimum atomic E-state index is 0. The molecule has 1 amide bonds. The Hall–Kier alpha value is -1.26. The van der Waals surface area contributed by atoms with Gasteiger partial charge in [0.25, 0.3) is 0 Å². The van der Waals surface area contributed by atoms with E-state index in [1.165, 1.54) is 12.8 Å². The Kier molecular flexibility index (Phi) is 7.54. The molecule has 4 nitrogen and oxygen atoms in total. The fraction of sp³-hybridized carbons (Fsp3) is 0.562. The molecular weight excluding hydrogens is 288 g/mol. The van der Waals surface area contributed by atoms with Crippen LogP contribution in [0.25, 0.3) is 0 Å². The Labute approximate surface area is 133 Å². The van der Waals surface area contributed by atoms with E-state index in [0.29, 0.717) is 19.1 Å². The maximum Gasteiger partial charge on any atom is 0.224 e. The highest BCUT2D eigenvalue weighted by atomic mass is 35.5. The molecule has 1 aliphatic rings. The van der Waals surface area contributed by atoms with Gasteiger partial charge in [-0.25, -0.2) is 0 Å². The van der Waals surface area contributed by atoms with E-state index in [9.17, 15) is 4.79 Å². The molecule has 0 aliphatic carbocycles. The molecule has 21 heavy (non-hydrogen) atoms. The highest BCUT2D eigenvalue weighted by molar-refractivity contribution is 5.91. The van der Waals surface area contributed by atoms with E-state index in [2.05, 4.69) is 10.6 Å². The van der Waals surface area contributed by atoms with Gasteiger partial charge in [0.05, 0.1) is 6.61 Å². The Morgan fingerprint density at radius 1 is 1.48 bits per heavy atom. The summed E-state index contributed by atoms with van der Waals surface area (Å²) in [7, 11) is 0. The summed E-state index contributed by atoms with van der Waals surface area (Å²) in [6.45, 7) is 5.68. The minimum absolute atomic E-state index is 0. The van der Waals surface area contributed by atoms with Crippen molar-refractivity contribution in [1.82, 2.24) is 5.32 Å². The maximum atomic E-state index is 12.0. The predicted octanol–water partition coefficient (Wildman–Crippen LogP) is 3.29. The molecule has 1 aliphatic heterocycles. The number of halogens is 1. The van der Waals surface area contributed by atoms with Crippen molar-refractivity contribution in [3.8, 4) is 5.75 Å². The van der Waals surface area contributed by atoms with Crippen molar-refractivity contribution < 1.29 is 9.53 Å². The number of rotatable bonds is 6. The molecule has 1 aromatic carbocycles. The number of benzene rings is 1. The molecule has 0 bridgehead atoms. The van der Waals surface area contributed by atoms with Gasteiger partial charge in [-0.1, -0.05) is 0 Å². The lowest BCUT2D eigenvalue weighted by atomic mass is 10.1. The van der Waals surface area contributed by atoms with Gasteiger partial charge in [-0.2, -0.15) is 0 Å². The summed E-state index contributed by atoms with van der Waals surface area (Å²) in [4.78, 5) is 12.0. The van der Waals surface area contributed by atoms with Crippen molar-refractivity contribution in [2.45, 2.75) is 45.6 Å². The number of anilines is 1. The minimum Gasteiger partial charge on any atom is -0.494 e. The first-order valence-corrected chi connectivity index (χ1v) is 7.45. The number of carbonyl (C=O) groups is 1. The predicted molar refractivity (Wildman–Crippen MR) is 88.5 cm³/mol. The maximum absolute atomic E-state index is 12.0. The second-order valence-corrected chi connectivity index (χ2v) is 5.29.